The van der Waals surface area contributed by atoms with E-state index in [-0.39, 0.29) is 24.4 Å². The van der Waals surface area contributed by atoms with E-state index < -0.39 is 0 Å². The summed E-state index contributed by atoms with van der Waals surface area (Å²) < 4.78 is 0. The van der Waals surface area contributed by atoms with Crippen molar-refractivity contribution in [3.63, 3.8) is 0 Å². The Morgan fingerprint density at radius 1 is 1.04 bits per heavy atom. The van der Waals surface area contributed by atoms with Crippen molar-refractivity contribution < 1.29 is 9.59 Å². The molecule has 132 valence electrons. The van der Waals surface area contributed by atoms with Gasteiger partial charge in [-0.1, -0.05) is 36.4 Å². The Hall–Kier alpha value is -2.73. The summed E-state index contributed by atoms with van der Waals surface area (Å²) in [6.07, 6.45) is 3.29. The highest BCUT2D eigenvalue weighted by molar-refractivity contribution is 5.78. The highest BCUT2D eigenvalue weighted by atomic mass is 16.2. The molecule has 25 heavy (non-hydrogen) atoms. The first-order chi connectivity index (χ1) is 12.2. The second-order valence-corrected chi connectivity index (χ2v) is 5.71. The maximum atomic E-state index is 12.3. The van der Waals surface area contributed by atoms with Crippen molar-refractivity contribution in [2.75, 3.05) is 13.1 Å². The molecule has 1 unspecified atom stereocenters. The predicted molar refractivity (Wildman–Crippen MR) is 96.6 cm³/mol. The molecule has 0 fully saturated rings. The number of rotatable bonds is 9. The third kappa shape index (κ3) is 6.73. The Kier molecular flexibility index (Phi) is 7.59. The van der Waals surface area contributed by atoms with Crippen molar-refractivity contribution >= 4 is 11.8 Å². The van der Waals surface area contributed by atoms with Crippen molar-refractivity contribution in [1.29, 1.82) is 0 Å². The third-order valence-electron chi connectivity index (χ3n) is 3.76. The summed E-state index contributed by atoms with van der Waals surface area (Å²) in [5.41, 5.74) is 7.18. The van der Waals surface area contributed by atoms with Crippen LogP contribution in [0.4, 0.5) is 0 Å². The topological polar surface area (TPSA) is 97.1 Å². The van der Waals surface area contributed by atoms with Gasteiger partial charge in [0.15, 0.2) is 0 Å². The van der Waals surface area contributed by atoms with Crippen LogP contribution >= 0.6 is 0 Å². The van der Waals surface area contributed by atoms with Crippen molar-refractivity contribution in [2.45, 2.75) is 25.3 Å². The van der Waals surface area contributed by atoms with Crippen LogP contribution in [-0.4, -0.2) is 29.9 Å². The average molecular weight is 340 g/mol. The molecule has 0 radical (unpaired) electrons. The van der Waals surface area contributed by atoms with Gasteiger partial charge in [0.1, 0.15) is 0 Å². The lowest BCUT2D eigenvalue weighted by Gasteiger charge is -2.19. The average Bonchev–Trinajstić information content (AvgIpc) is 2.66. The van der Waals surface area contributed by atoms with E-state index in [1.54, 1.807) is 6.20 Å². The molecule has 4 N–H and O–H groups in total. The zero-order chi connectivity index (χ0) is 17.9. The smallest absolute Gasteiger partial charge is 0.233 e. The Bertz CT molecular complexity index is 662. The monoisotopic (exact) mass is 340 g/mol. The maximum absolute atomic E-state index is 12.3. The molecule has 1 aromatic carbocycles. The van der Waals surface area contributed by atoms with Crippen LogP contribution in [0.1, 0.15) is 30.1 Å². The highest BCUT2D eigenvalue weighted by Gasteiger charge is 2.15. The fourth-order valence-electron chi connectivity index (χ4n) is 2.48. The Labute approximate surface area is 147 Å². The second kappa shape index (κ2) is 10.2. The van der Waals surface area contributed by atoms with E-state index in [1.807, 2.05) is 48.5 Å². The van der Waals surface area contributed by atoms with Crippen LogP contribution in [0.5, 0.6) is 0 Å². The summed E-state index contributed by atoms with van der Waals surface area (Å²) in [6, 6.07) is 15.5. The van der Waals surface area contributed by atoms with Gasteiger partial charge in [0, 0.05) is 31.3 Å². The minimum absolute atomic E-state index is 0.0354. The molecule has 0 spiro atoms. The van der Waals surface area contributed by atoms with Gasteiger partial charge in [0.05, 0.1) is 12.6 Å². The molecule has 0 saturated heterocycles. The number of nitrogens with zero attached hydrogens (tertiary/aromatic N) is 1. The zero-order valence-electron chi connectivity index (χ0n) is 14.2. The van der Waals surface area contributed by atoms with Crippen LogP contribution < -0.4 is 16.4 Å². The highest BCUT2D eigenvalue weighted by Crippen LogP contribution is 2.17. The fraction of sp³-hybridized carbons (Fsp3) is 0.316. The normalized spacial score (nSPS) is 11.6. The summed E-state index contributed by atoms with van der Waals surface area (Å²) in [6.45, 7) is 0.409. The molecule has 6 heteroatoms. The van der Waals surface area contributed by atoms with Gasteiger partial charge in [-0.3, -0.25) is 14.6 Å². The SMILES string of the molecule is NCC(=O)NCCCC(=O)NC(Cc1ccccn1)c1ccccc1. The summed E-state index contributed by atoms with van der Waals surface area (Å²) in [5, 5.41) is 5.73. The molecule has 0 aliphatic carbocycles. The summed E-state index contributed by atoms with van der Waals surface area (Å²) in [4.78, 5) is 27.7. The minimum atomic E-state index is -0.210. The van der Waals surface area contributed by atoms with Gasteiger partial charge in [-0.05, 0) is 24.1 Å². The maximum Gasteiger partial charge on any atom is 0.233 e. The van der Waals surface area contributed by atoms with E-state index in [0.717, 1.165) is 11.3 Å². The van der Waals surface area contributed by atoms with Crippen LogP contribution in [0.3, 0.4) is 0 Å². The molecule has 2 aromatic rings. The van der Waals surface area contributed by atoms with E-state index in [0.29, 0.717) is 25.8 Å². The number of benzene rings is 1. The molecule has 0 saturated carbocycles. The molecule has 6 nitrogen and oxygen atoms in total. The lowest BCUT2D eigenvalue weighted by Crippen LogP contribution is -2.33. The number of nitrogens with one attached hydrogen (secondary N) is 2. The molecule has 2 amide bonds. The largest absolute Gasteiger partial charge is 0.355 e. The second-order valence-electron chi connectivity index (χ2n) is 5.71. The van der Waals surface area contributed by atoms with E-state index in [1.165, 1.54) is 0 Å². The Balaban J connectivity index is 1.92. The molecule has 0 aliphatic heterocycles. The standard InChI is InChI=1S/C19H24N4O2/c20-14-19(25)22-12-6-10-18(24)23-17(15-7-2-1-3-8-15)13-16-9-4-5-11-21-16/h1-5,7-9,11,17H,6,10,12-14,20H2,(H,22,25)(H,23,24). The van der Waals surface area contributed by atoms with Crippen LogP contribution in [-0.2, 0) is 16.0 Å². The summed E-state index contributed by atoms with van der Waals surface area (Å²) in [5.74, 6) is -0.260. The van der Waals surface area contributed by atoms with Gasteiger partial charge in [-0.15, -0.1) is 0 Å². The van der Waals surface area contributed by atoms with Crippen LogP contribution in [0, 0.1) is 0 Å². The molecule has 2 rings (SSSR count). The van der Waals surface area contributed by atoms with Crippen LogP contribution in [0.25, 0.3) is 0 Å². The van der Waals surface area contributed by atoms with Gasteiger partial charge in [-0.2, -0.15) is 0 Å². The fourth-order valence-corrected chi connectivity index (χ4v) is 2.48. The summed E-state index contributed by atoms with van der Waals surface area (Å²) >= 11 is 0. The van der Waals surface area contributed by atoms with Crippen LogP contribution in [0.2, 0.25) is 0 Å². The number of pyridine rings is 1. The molecular weight excluding hydrogens is 316 g/mol. The lowest BCUT2D eigenvalue weighted by molar-refractivity contribution is -0.123. The number of aromatic nitrogens is 1. The number of hydrogen-bond donors (Lipinski definition) is 3. The van der Waals surface area contributed by atoms with Gasteiger partial charge in [0.2, 0.25) is 11.8 Å². The molecule has 1 heterocycles. The number of nitrogens with two attached hydrogens (primary N) is 1. The first kappa shape index (κ1) is 18.6. The number of carbonyl (C=O) groups is 2. The first-order valence-corrected chi connectivity index (χ1v) is 8.40. The van der Waals surface area contributed by atoms with Crippen molar-refractivity contribution in [3.05, 3.63) is 66.0 Å². The van der Waals surface area contributed by atoms with Crippen molar-refractivity contribution in [1.82, 2.24) is 15.6 Å². The van der Waals surface area contributed by atoms with Crippen molar-refractivity contribution in [2.24, 2.45) is 5.73 Å². The van der Waals surface area contributed by atoms with Gasteiger partial charge in [0.25, 0.3) is 0 Å². The predicted octanol–water partition coefficient (Wildman–Crippen LogP) is 1.34. The molecular formula is C19H24N4O2. The Morgan fingerprint density at radius 2 is 1.80 bits per heavy atom. The van der Waals surface area contributed by atoms with E-state index in [2.05, 4.69) is 15.6 Å². The van der Waals surface area contributed by atoms with Crippen LogP contribution in [0.15, 0.2) is 54.7 Å². The Morgan fingerprint density at radius 3 is 2.48 bits per heavy atom. The summed E-state index contributed by atoms with van der Waals surface area (Å²) in [7, 11) is 0. The van der Waals surface area contributed by atoms with Gasteiger partial charge < -0.3 is 16.4 Å². The minimum Gasteiger partial charge on any atom is -0.355 e. The number of amides is 2. The molecule has 0 aliphatic rings. The lowest BCUT2D eigenvalue weighted by atomic mass is 10.0. The van der Waals surface area contributed by atoms with Gasteiger partial charge >= 0.3 is 0 Å². The molecule has 1 atom stereocenters. The quantitative estimate of drug-likeness (QED) is 0.600. The third-order valence-corrected chi connectivity index (χ3v) is 3.76. The van der Waals surface area contributed by atoms with Gasteiger partial charge in [-0.25, -0.2) is 0 Å². The first-order valence-electron chi connectivity index (χ1n) is 8.40. The number of hydrogen-bond acceptors (Lipinski definition) is 4. The number of carbonyl (C=O) groups excluding carboxylic acids is 2. The van der Waals surface area contributed by atoms with E-state index in [4.69, 9.17) is 5.73 Å². The van der Waals surface area contributed by atoms with E-state index in [9.17, 15) is 9.59 Å². The van der Waals surface area contributed by atoms with Crippen molar-refractivity contribution in [3.8, 4) is 0 Å². The zero-order valence-corrected chi connectivity index (χ0v) is 14.2. The molecule has 0 bridgehead atoms. The molecule has 1 aromatic heterocycles. The van der Waals surface area contributed by atoms with E-state index >= 15 is 0 Å².